The lowest BCUT2D eigenvalue weighted by Gasteiger charge is -2.36. The van der Waals surface area contributed by atoms with Gasteiger partial charge in [0.25, 0.3) is 0 Å². The van der Waals surface area contributed by atoms with Crippen LogP contribution in [0.15, 0.2) is 6.20 Å². The Morgan fingerprint density at radius 1 is 1.41 bits per heavy atom. The lowest BCUT2D eigenvalue weighted by Crippen LogP contribution is -2.58. The van der Waals surface area contributed by atoms with Crippen molar-refractivity contribution in [3.63, 3.8) is 0 Å². The number of ether oxygens (including phenoxy) is 2. The number of sulfone groups is 1. The monoisotopic (exact) mass is 512 g/mol. The Balaban J connectivity index is 1.96. The first-order valence-corrected chi connectivity index (χ1v) is 11.1. The molecule has 1 aromatic rings. The second-order valence-corrected chi connectivity index (χ2v) is 9.50. The number of β-lactam (4-membered cyclic amide) rings is 1. The van der Waals surface area contributed by atoms with Crippen LogP contribution < -0.4 is 0 Å². The number of carbonyl (C=O) groups excluding carboxylic acids is 3. The lowest BCUT2D eigenvalue weighted by atomic mass is 9.96. The molecule has 0 radical (unpaired) electrons. The number of hydrogen-bond donors (Lipinski definition) is 0. The largest absolute Gasteiger partial charge is 0.461 e. The van der Waals surface area contributed by atoms with E-state index in [1.807, 2.05) is 22.6 Å². The minimum atomic E-state index is -3.90. The van der Waals surface area contributed by atoms with Crippen LogP contribution in [0.3, 0.4) is 0 Å². The fourth-order valence-corrected chi connectivity index (χ4v) is 6.06. The number of fused-ring (bicyclic) bond motifs is 1. The zero-order chi connectivity index (χ0) is 20.0. The van der Waals surface area contributed by atoms with E-state index < -0.39 is 43.8 Å². The van der Waals surface area contributed by atoms with E-state index in [9.17, 15) is 22.8 Å². The van der Waals surface area contributed by atoms with Crippen LogP contribution in [0.25, 0.3) is 0 Å². The predicted molar refractivity (Wildman–Crippen MR) is 97.3 cm³/mol. The number of alkyl halides is 1. The van der Waals surface area contributed by atoms with Gasteiger partial charge in [0, 0.05) is 0 Å². The molecule has 0 bridgehead atoms. The quantitative estimate of drug-likeness (QED) is 0.214. The number of esters is 2. The van der Waals surface area contributed by atoms with Crippen LogP contribution >= 0.6 is 22.6 Å². The maximum atomic E-state index is 13.0. The summed E-state index contributed by atoms with van der Waals surface area (Å²) in [7, 11) is -3.90. The van der Waals surface area contributed by atoms with Crippen LogP contribution in [0.5, 0.6) is 0 Å². The molecule has 2 fully saturated rings. The molecule has 0 saturated carbocycles. The number of nitrogens with zero attached hydrogens (tertiary/aromatic N) is 4. The fourth-order valence-electron chi connectivity index (χ4n) is 3.40. The van der Waals surface area contributed by atoms with Crippen molar-refractivity contribution < 1.29 is 32.3 Å². The molecule has 2 aliphatic heterocycles. The van der Waals surface area contributed by atoms with Crippen molar-refractivity contribution in [2.24, 2.45) is 0 Å². The van der Waals surface area contributed by atoms with Gasteiger partial charge in [-0.25, -0.2) is 22.7 Å². The van der Waals surface area contributed by atoms with E-state index in [2.05, 4.69) is 10.3 Å². The molecule has 3 heterocycles. The van der Waals surface area contributed by atoms with E-state index in [1.165, 1.54) is 13.1 Å². The molecule has 0 unspecified atom stereocenters. The molecule has 3 rings (SSSR count). The van der Waals surface area contributed by atoms with Crippen molar-refractivity contribution in [3.8, 4) is 0 Å². The summed E-state index contributed by atoms with van der Waals surface area (Å²) in [4.78, 5) is 37.2. The minimum absolute atomic E-state index is 0.0201. The average molecular weight is 512 g/mol. The highest BCUT2D eigenvalue weighted by atomic mass is 127. The van der Waals surface area contributed by atoms with Gasteiger partial charge in [-0.05, 0) is 36.4 Å². The van der Waals surface area contributed by atoms with Crippen molar-refractivity contribution >= 4 is 50.3 Å². The van der Waals surface area contributed by atoms with Crippen molar-refractivity contribution in [1.82, 2.24) is 19.9 Å². The third kappa shape index (κ3) is 2.99. The third-order valence-electron chi connectivity index (χ3n) is 4.73. The van der Waals surface area contributed by atoms with Crippen LogP contribution in [0.2, 0.25) is 0 Å². The molecule has 3 atom stereocenters. The number of aromatic nitrogens is 3. The molecule has 1 amide bonds. The average Bonchev–Trinajstić information content (AvgIpc) is 3.09. The molecule has 13 heteroatoms. The second kappa shape index (κ2) is 7.00. The van der Waals surface area contributed by atoms with Gasteiger partial charge >= 0.3 is 11.9 Å². The first kappa shape index (κ1) is 20.0. The zero-order valence-electron chi connectivity index (χ0n) is 14.5. The SMILES string of the molecule is CCOC(=O)c1cn(C[C@@]2(C)[C@H](C(=O)OCI)N3C(=O)C[C@@H]3S2(=O)=O)nn1. The molecule has 11 nitrogen and oxygen atoms in total. The Bertz CT molecular complexity index is 901. The van der Waals surface area contributed by atoms with E-state index in [0.29, 0.717) is 0 Å². The molecule has 0 aromatic carbocycles. The van der Waals surface area contributed by atoms with Crippen molar-refractivity contribution in [3.05, 3.63) is 11.9 Å². The van der Waals surface area contributed by atoms with Crippen LogP contribution in [0.1, 0.15) is 30.8 Å². The second-order valence-electron chi connectivity index (χ2n) is 6.31. The maximum Gasteiger partial charge on any atom is 0.360 e. The molecule has 148 valence electrons. The van der Waals surface area contributed by atoms with E-state index in [0.717, 1.165) is 9.58 Å². The molecule has 27 heavy (non-hydrogen) atoms. The van der Waals surface area contributed by atoms with Gasteiger partial charge < -0.3 is 14.4 Å². The highest BCUT2D eigenvalue weighted by Gasteiger charge is 2.70. The summed E-state index contributed by atoms with van der Waals surface area (Å²) in [5.74, 6) is -1.91. The van der Waals surface area contributed by atoms with E-state index in [1.54, 1.807) is 6.92 Å². The van der Waals surface area contributed by atoms with Crippen molar-refractivity contribution in [2.75, 3.05) is 11.2 Å². The summed E-state index contributed by atoms with van der Waals surface area (Å²) in [6, 6.07) is -1.29. The van der Waals surface area contributed by atoms with Crippen LogP contribution in [-0.4, -0.2) is 73.5 Å². The molecule has 0 N–H and O–H groups in total. The lowest BCUT2D eigenvalue weighted by molar-refractivity contribution is -0.160. The standard InChI is InChI=1S/C14H17IN4O7S/c1-3-25-12(21)8-5-18(17-16-8)6-14(2)11(13(22)26-7-15)19-9(20)4-10(19)27(14,23)24/h5,10-11H,3-4,6-7H2,1-2H3/t10-,11-,14-/m0/s1. The zero-order valence-corrected chi connectivity index (χ0v) is 17.5. The van der Waals surface area contributed by atoms with Gasteiger partial charge in [0.1, 0.15) is 14.7 Å². The van der Waals surface area contributed by atoms with Crippen LogP contribution in [-0.2, 0) is 35.4 Å². The molecule has 2 saturated heterocycles. The van der Waals surface area contributed by atoms with E-state index in [4.69, 9.17) is 9.47 Å². The highest BCUT2D eigenvalue weighted by molar-refractivity contribution is 14.1. The Kier molecular flexibility index (Phi) is 5.18. The first-order chi connectivity index (χ1) is 12.7. The van der Waals surface area contributed by atoms with E-state index in [-0.39, 0.29) is 29.9 Å². The number of rotatable bonds is 6. The van der Waals surface area contributed by atoms with Gasteiger partial charge in [0.15, 0.2) is 21.6 Å². The van der Waals surface area contributed by atoms with Crippen molar-refractivity contribution in [1.29, 1.82) is 0 Å². The predicted octanol–water partition coefficient (Wildman–Crippen LogP) is -0.495. The molecule has 2 aliphatic rings. The van der Waals surface area contributed by atoms with Gasteiger partial charge in [-0.3, -0.25) is 4.79 Å². The molecule has 0 aliphatic carbocycles. The summed E-state index contributed by atoms with van der Waals surface area (Å²) in [6.45, 7) is 2.89. The van der Waals surface area contributed by atoms with Crippen LogP contribution in [0, 0.1) is 0 Å². The van der Waals surface area contributed by atoms with Crippen molar-refractivity contribution in [2.45, 2.75) is 43.0 Å². The Hall–Kier alpha value is -1.77. The maximum absolute atomic E-state index is 13.0. The highest BCUT2D eigenvalue weighted by Crippen LogP contribution is 2.47. The first-order valence-electron chi connectivity index (χ1n) is 8.01. The Morgan fingerprint density at radius 3 is 2.70 bits per heavy atom. The molecule has 0 spiro atoms. The topological polar surface area (TPSA) is 138 Å². The number of halogens is 1. The summed E-state index contributed by atoms with van der Waals surface area (Å²) in [5, 5.41) is 6.38. The number of hydrogen-bond acceptors (Lipinski definition) is 9. The van der Waals surface area contributed by atoms with Crippen LogP contribution in [0.4, 0.5) is 0 Å². The summed E-state index contributed by atoms with van der Waals surface area (Å²) < 4.78 is 35.4. The van der Waals surface area contributed by atoms with Gasteiger partial charge in [-0.15, -0.1) is 5.10 Å². The number of amides is 1. The minimum Gasteiger partial charge on any atom is -0.461 e. The Morgan fingerprint density at radius 2 is 2.11 bits per heavy atom. The summed E-state index contributed by atoms with van der Waals surface area (Å²) >= 11 is 1.81. The van der Waals surface area contributed by atoms with E-state index >= 15 is 0 Å². The fraction of sp³-hybridized carbons (Fsp3) is 0.643. The smallest absolute Gasteiger partial charge is 0.360 e. The number of carbonyl (C=O) groups is 3. The molecular formula is C14H17IN4O7S. The summed E-state index contributed by atoms with van der Waals surface area (Å²) in [5.41, 5.74) is -0.0819. The third-order valence-corrected chi connectivity index (χ3v) is 7.81. The van der Waals surface area contributed by atoms with Gasteiger partial charge in [0.2, 0.25) is 5.91 Å². The normalized spacial score (nSPS) is 28.4. The van der Waals surface area contributed by atoms with Gasteiger partial charge in [-0.2, -0.15) is 0 Å². The molecule has 1 aromatic heterocycles. The van der Waals surface area contributed by atoms with Gasteiger partial charge in [0.05, 0.1) is 25.8 Å². The molecular weight excluding hydrogens is 495 g/mol. The van der Waals surface area contributed by atoms with Gasteiger partial charge in [-0.1, -0.05) is 5.21 Å². The Labute approximate surface area is 168 Å². The summed E-state index contributed by atoms with van der Waals surface area (Å²) in [6.07, 6.45) is 1.08.